The summed E-state index contributed by atoms with van der Waals surface area (Å²) in [5.74, 6) is 0.511. The number of halogens is 2. The standard InChI is InChI=1S/C8H7Br2NO3/c1-14-8-3-7(11(12)13)6(10)2-5(8)4-9/h2-3H,4H2,1H3. The average Bonchev–Trinajstić information content (AvgIpc) is 2.16. The Hall–Kier alpha value is -0.620. The molecular weight excluding hydrogens is 318 g/mol. The molecule has 0 aliphatic carbocycles. The number of nitrogens with zero attached hydrogens (tertiary/aromatic N) is 1. The SMILES string of the molecule is COc1cc([N+](=O)[O-])c(Br)cc1CBr. The van der Waals surface area contributed by atoms with Crippen molar-refractivity contribution in [2.24, 2.45) is 0 Å². The number of nitro groups is 1. The quantitative estimate of drug-likeness (QED) is 0.487. The molecule has 0 aromatic heterocycles. The first-order valence-corrected chi connectivity index (χ1v) is 5.58. The minimum absolute atomic E-state index is 0.00606. The normalized spacial score (nSPS) is 9.93. The van der Waals surface area contributed by atoms with E-state index in [1.165, 1.54) is 13.2 Å². The molecule has 0 aliphatic heterocycles. The highest BCUT2D eigenvalue weighted by atomic mass is 79.9. The predicted octanol–water partition coefficient (Wildman–Crippen LogP) is 3.26. The van der Waals surface area contributed by atoms with Crippen LogP contribution in [0.25, 0.3) is 0 Å². The van der Waals surface area contributed by atoms with Gasteiger partial charge in [-0.05, 0) is 22.0 Å². The molecule has 1 aromatic rings. The first kappa shape index (κ1) is 11.5. The van der Waals surface area contributed by atoms with Crippen LogP contribution in [0.5, 0.6) is 5.75 Å². The molecular formula is C8H7Br2NO3. The van der Waals surface area contributed by atoms with Gasteiger partial charge in [-0.25, -0.2) is 0 Å². The smallest absolute Gasteiger partial charge is 0.287 e. The van der Waals surface area contributed by atoms with Gasteiger partial charge >= 0.3 is 0 Å². The highest BCUT2D eigenvalue weighted by molar-refractivity contribution is 9.10. The molecule has 0 N–H and O–H groups in total. The predicted molar refractivity (Wildman–Crippen MR) is 60.0 cm³/mol. The van der Waals surface area contributed by atoms with E-state index in [1.807, 2.05) is 0 Å². The summed E-state index contributed by atoms with van der Waals surface area (Å²) >= 11 is 6.41. The Morgan fingerprint density at radius 1 is 1.57 bits per heavy atom. The zero-order valence-corrected chi connectivity index (χ0v) is 10.5. The van der Waals surface area contributed by atoms with Crippen LogP contribution in [0.4, 0.5) is 5.69 Å². The average molecular weight is 325 g/mol. The molecule has 0 bridgehead atoms. The highest BCUT2D eigenvalue weighted by Gasteiger charge is 2.16. The first-order valence-electron chi connectivity index (χ1n) is 3.67. The summed E-state index contributed by atoms with van der Waals surface area (Å²) in [5, 5.41) is 11.2. The number of nitro benzene ring substituents is 1. The van der Waals surface area contributed by atoms with Crippen molar-refractivity contribution in [1.29, 1.82) is 0 Å². The minimum atomic E-state index is -0.454. The Kier molecular flexibility index (Phi) is 3.88. The fraction of sp³-hybridized carbons (Fsp3) is 0.250. The van der Waals surface area contributed by atoms with Crippen molar-refractivity contribution in [2.45, 2.75) is 5.33 Å². The zero-order chi connectivity index (χ0) is 10.7. The van der Waals surface area contributed by atoms with E-state index in [9.17, 15) is 10.1 Å². The van der Waals surface area contributed by atoms with Gasteiger partial charge in [0.1, 0.15) is 5.75 Å². The van der Waals surface area contributed by atoms with Gasteiger partial charge in [0.05, 0.1) is 22.6 Å². The van der Waals surface area contributed by atoms with E-state index < -0.39 is 4.92 Å². The summed E-state index contributed by atoms with van der Waals surface area (Å²) in [5.41, 5.74) is 0.872. The maximum atomic E-state index is 10.6. The van der Waals surface area contributed by atoms with Crippen molar-refractivity contribution in [3.05, 3.63) is 32.3 Å². The van der Waals surface area contributed by atoms with E-state index in [0.717, 1.165) is 5.56 Å². The Labute approximate surface area is 97.7 Å². The lowest BCUT2D eigenvalue weighted by Crippen LogP contribution is -1.94. The molecule has 0 amide bonds. The van der Waals surface area contributed by atoms with Crippen LogP contribution in [0, 0.1) is 10.1 Å². The molecule has 1 aromatic carbocycles. The Morgan fingerprint density at radius 2 is 2.21 bits per heavy atom. The van der Waals surface area contributed by atoms with Crippen LogP contribution in [-0.2, 0) is 5.33 Å². The van der Waals surface area contributed by atoms with E-state index in [1.54, 1.807) is 6.07 Å². The Morgan fingerprint density at radius 3 is 2.64 bits per heavy atom. The van der Waals surface area contributed by atoms with Crippen LogP contribution in [0.15, 0.2) is 16.6 Å². The maximum absolute atomic E-state index is 10.6. The van der Waals surface area contributed by atoms with Gasteiger partial charge in [0.2, 0.25) is 0 Å². The van der Waals surface area contributed by atoms with Crippen LogP contribution in [-0.4, -0.2) is 12.0 Å². The Balaban J connectivity index is 3.30. The van der Waals surface area contributed by atoms with Gasteiger partial charge in [-0.2, -0.15) is 0 Å². The zero-order valence-electron chi connectivity index (χ0n) is 7.29. The van der Waals surface area contributed by atoms with Crippen LogP contribution in [0.3, 0.4) is 0 Å². The fourth-order valence-electron chi connectivity index (χ4n) is 1.02. The van der Waals surface area contributed by atoms with E-state index in [0.29, 0.717) is 15.6 Å². The molecule has 0 radical (unpaired) electrons. The third kappa shape index (κ3) is 2.24. The van der Waals surface area contributed by atoms with Gasteiger partial charge in [0.25, 0.3) is 5.69 Å². The molecule has 0 aliphatic rings. The van der Waals surface area contributed by atoms with Crippen molar-refractivity contribution in [3.63, 3.8) is 0 Å². The monoisotopic (exact) mass is 323 g/mol. The summed E-state index contributed by atoms with van der Waals surface area (Å²) in [4.78, 5) is 10.1. The second kappa shape index (κ2) is 4.75. The van der Waals surface area contributed by atoms with E-state index >= 15 is 0 Å². The lowest BCUT2D eigenvalue weighted by Gasteiger charge is -2.06. The number of hydrogen-bond acceptors (Lipinski definition) is 3. The molecule has 0 fully saturated rings. The summed E-state index contributed by atoms with van der Waals surface area (Å²) in [6.07, 6.45) is 0. The minimum Gasteiger partial charge on any atom is -0.496 e. The van der Waals surface area contributed by atoms with Crippen molar-refractivity contribution in [1.82, 2.24) is 0 Å². The summed E-state index contributed by atoms with van der Waals surface area (Å²) in [6.45, 7) is 0. The fourth-order valence-corrected chi connectivity index (χ4v) is 1.99. The number of methoxy groups -OCH3 is 1. The number of ether oxygens (including phenoxy) is 1. The summed E-state index contributed by atoms with van der Waals surface area (Å²) in [7, 11) is 1.49. The highest BCUT2D eigenvalue weighted by Crippen LogP contribution is 2.33. The second-order valence-corrected chi connectivity index (χ2v) is 3.92. The van der Waals surface area contributed by atoms with Gasteiger partial charge in [0, 0.05) is 10.9 Å². The van der Waals surface area contributed by atoms with E-state index in [4.69, 9.17) is 4.74 Å². The van der Waals surface area contributed by atoms with E-state index in [2.05, 4.69) is 31.9 Å². The maximum Gasteiger partial charge on any atom is 0.287 e. The molecule has 0 unspecified atom stereocenters. The third-order valence-corrected chi connectivity index (χ3v) is 2.93. The van der Waals surface area contributed by atoms with Crippen molar-refractivity contribution in [2.75, 3.05) is 7.11 Å². The molecule has 0 saturated heterocycles. The lowest BCUT2D eigenvalue weighted by atomic mass is 10.2. The van der Waals surface area contributed by atoms with Gasteiger partial charge in [-0.3, -0.25) is 10.1 Å². The molecule has 4 nitrogen and oxygen atoms in total. The molecule has 0 atom stereocenters. The van der Waals surface area contributed by atoms with Crippen LogP contribution in [0.2, 0.25) is 0 Å². The van der Waals surface area contributed by atoms with Gasteiger partial charge in [-0.1, -0.05) is 15.9 Å². The molecule has 1 rings (SSSR count). The number of rotatable bonds is 3. The summed E-state index contributed by atoms with van der Waals surface area (Å²) < 4.78 is 5.48. The molecule has 76 valence electrons. The van der Waals surface area contributed by atoms with E-state index in [-0.39, 0.29) is 5.69 Å². The second-order valence-electron chi connectivity index (χ2n) is 2.51. The molecule has 6 heteroatoms. The number of hydrogen-bond donors (Lipinski definition) is 0. The first-order chi connectivity index (χ1) is 6.60. The van der Waals surface area contributed by atoms with Gasteiger partial charge in [0.15, 0.2) is 0 Å². The van der Waals surface area contributed by atoms with Gasteiger partial charge in [-0.15, -0.1) is 0 Å². The van der Waals surface area contributed by atoms with Crippen molar-refractivity contribution >= 4 is 37.5 Å². The molecule has 0 spiro atoms. The number of benzene rings is 1. The van der Waals surface area contributed by atoms with Crippen LogP contribution < -0.4 is 4.74 Å². The molecule has 14 heavy (non-hydrogen) atoms. The topological polar surface area (TPSA) is 52.4 Å². The van der Waals surface area contributed by atoms with Crippen LogP contribution >= 0.6 is 31.9 Å². The number of alkyl halides is 1. The third-order valence-electron chi connectivity index (χ3n) is 1.69. The lowest BCUT2D eigenvalue weighted by molar-refractivity contribution is -0.385. The van der Waals surface area contributed by atoms with Crippen molar-refractivity contribution in [3.8, 4) is 5.75 Å². The molecule has 0 heterocycles. The van der Waals surface area contributed by atoms with Gasteiger partial charge < -0.3 is 4.74 Å². The molecule has 0 saturated carbocycles. The largest absolute Gasteiger partial charge is 0.496 e. The van der Waals surface area contributed by atoms with Crippen LogP contribution in [0.1, 0.15) is 5.56 Å². The van der Waals surface area contributed by atoms with Crippen molar-refractivity contribution < 1.29 is 9.66 Å². The Bertz CT molecular complexity index is 368. The summed E-state index contributed by atoms with van der Waals surface area (Å²) in [6, 6.07) is 3.08.